The first-order valence-electron chi connectivity index (χ1n) is 5.23. The lowest BCUT2D eigenvalue weighted by Gasteiger charge is -2.11. The molecule has 0 atom stereocenters. The van der Waals surface area contributed by atoms with Crippen LogP contribution in [0.15, 0.2) is 30.3 Å². The molecule has 3 N–H and O–H groups in total. The highest BCUT2D eigenvalue weighted by atomic mass is 19.2. The average molecular weight is 263 g/mol. The van der Waals surface area contributed by atoms with Gasteiger partial charge in [0.15, 0.2) is 11.6 Å². The van der Waals surface area contributed by atoms with Crippen LogP contribution < -0.4 is 11.1 Å². The molecular weight excluding hydrogens is 255 g/mol. The van der Waals surface area contributed by atoms with Crippen LogP contribution in [0.25, 0.3) is 0 Å². The Kier molecular flexibility index (Phi) is 3.29. The van der Waals surface area contributed by atoms with Gasteiger partial charge in [-0.25, -0.2) is 13.2 Å². The second-order valence-electron chi connectivity index (χ2n) is 3.75. The Morgan fingerprint density at radius 1 is 1.00 bits per heavy atom. The van der Waals surface area contributed by atoms with E-state index in [0.717, 1.165) is 0 Å². The lowest BCUT2D eigenvalue weighted by atomic mass is 10.1. The lowest BCUT2D eigenvalue weighted by molar-refractivity contribution is 0.496. The van der Waals surface area contributed by atoms with Crippen LogP contribution in [-0.2, 0) is 0 Å². The molecular formula is C13H8F3N3. The van der Waals surface area contributed by atoms with Crippen molar-refractivity contribution in [2.45, 2.75) is 0 Å². The molecule has 0 radical (unpaired) electrons. The number of nitrogen functional groups attached to an aromatic ring is 1. The number of hydrogen-bond donors (Lipinski definition) is 2. The van der Waals surface area contributed by atoms with Crippen LogP contribution in [0.4, 0.5) is 30.2 Å². The summed E-state index contributed by atoms with van der Waals surface area (Å²) in [6, 6.07) is 7.50. The molecule has 3 nitrogen and oxygen atoms in total. The fraction of sp³-hybridized carbons (Fsp3) is 0. The smallest absolute Gasteiger partial charge is 0.161 e. The number of nitrogens with two attached hydrogens (primary N) is 1. The topological polar surface area (TPSA) is 61.8 Å². The van der Waals surface area contributed by atoms with E-state index in [2.05, 4.69) is 5.32 Å². The van der Waals surface area contributed by atoms with Crippen LogP contribution in [0.5, 0.6) is 0 Å². The first-order valence-corrected chi connectivity index (χ1v) is 5.23. The Morgan fingerprint density at radius 3 is 2.37 bits per heavy atom. The molecule has 0 fully saturated rings. The minimum Gasteiger partial charge on any atom is -0.396 e. The molecule has 0 heterocycles. The molecule has 0 unspecified atom stereocenters. The van der Waals surface area contributed by atoms with Gasteiger partial charge in [0, 0.05) is 12.1 Å². The number of rotatable bonds is 2. The standard InChI is InChI=1S/C13H8F3N3/c14-8-4-10(16)12(5-9(8)15)19-11-3-1-2-7(6-17)13(11)18/h1-5,19H,18H2. The van der Waals surface area contributed by atoms with Crippen molar-refractivity contribution >= 4 is 17.1 Å². The summed E-state index contributed by atoms with van der Waals surface area (Å²) in [6.45, 7) is 0. The van der Waals surface area contributed by atoms with Crippen molar-refractivity contribution in [3.8, 4) is 6.07 Å². The molecule has 0 aliphatic rings. The van der Waals surface area contributed by atoms with Crippen molar-refractivity contribution in [1.29, 1.82) is 5.26 Å². The van der Waals surface area contributed by atoms with Gasteiger partial charge in [-0.2, -0.15) is 5.26 Å². The molecule has 2 aromatic carbocycles. The Morgan fingerprint density at radius 2 is 1.68 bits per heavy atom. The van der Waals surface area contributed by atoms with E-state index in [1.165, 1.54) is 18.2 Å². The Balaban J connectivity index is 2.43. The van der Waals surface area contributed by atoms with Gasteiger partial charge in [-0.3, -0.25) is 0 Å². The quantitative estimate of drug-likeness (QED) is 0.645. The van der Waals surface area contributed by atoms with E-state index in [9.17, 15) is 13.2 Å². The van der Waals surface area contributed by atoms with Gasteiger partial charge in [0.25, 0.3) is 0 Å². The molecule has 6 heteroatoms. The predicted octanol–water partition coefficient (Wildman–Crippen LogP) is 3.30. The van der Waals surface area contributed by atoms with Gasteiger partial charge in [0.1, 0.15) is 11.9 Å². The second kappa shape index (κ2) is 4.90. The molecule has 0 aliphatic heterocycles. The van der Waals surface area contributed by atoms with Crippen molar-refractivity contribution in [3.63, 3.8) is 0 Å². The van der Waals surface area contributed by atoms with Gasteiger partial charge < -0.3 is 11.1 Å². The molecule has 0 aromatic heterocycles. The number of anilines is 3. The largest absolute Gasteiger partial charge is 0.396 e. The molecule has 0 saturated heterocycles. The van der Waals surface area contributed by atoms with E-state index < -0.39 is 17.5 Å². The van der Waals surface area contributed by atoms with Crippen molar-refractivity contribution in [3.05, 3.63) is 53.3 Å². The highest BCUT2D eigenvalue weighted by Gasteiger charge is 2.11. The van der Waals surface area contributed by atoms with E-state index in [1.807, 2.05) is 6.07 Å². The van der Waals surface area contributed by atoms with Crippen LogP contribution in [0.1, 0.15) is 5.56 Å². The van der Waals surface area contributed by atoms with E-state index in [0.29, 0.717) is 12.1 Å². The molecule has 2 rings (SSSR count). The van der Waals surface area contributed by atoms with Gasteiger partial charge in [0.05, 0.1) is 22.6 Å². The number of nitrogens with one attached hydrogen (secondary N) is 1. The second-order valence-corrected chi connectivity index (χ2v) is 3.75. The zero-order chi connectivity index (χ0) is 14.0. The van der Waals surface area contributed by atoms with Crippen LogP contribution in [0, 0.1) is 28.8 Å². The van der Waals surface area contributed by atoms with Gasteiger partial charge in [0.2, 0.25) is 0 Å². The number of nitriles is 1. The number of benzene rings is 2. The molecule has 19 heavy (non-hydrogen) atoms. The molecule has 0 bridgehead atoms. The third-order valence-corrected chi connectivity index (χ3v) is 2.51. The number of halogens is 3. The van der Waals surface area contributed by atoms with Crippen molar-refractivity contribution in [1.82, 2.24) is 0 Å². The molecule has 0 spiro atoms. The third-order valence-electron chi connectivity index (χ3n) is 2.51. The maximum absolute atomic E-state index is 13.5. The summed E-state index contributed by atoms with van der Waals surface area (Å²) in [5.74, 6) is -3.42. The Labute approximate surface area is 107 Å². The number of para-hydroxylation sites is 1. The first-order chi connectivity index (χ1) is 9.02. The van der Waals surface area contributed by atoms with Crippen LogP contribution >= 0.6 is 0 Å². The summed E-state index contributed by atoms with van der Waals surface area (Å²) in [7, 11) is 0. The van der Waals surface area contributed by atoms with Crippen LogP contribution in [0.3, 0.4) is 0 Å². The molecule has 0 amide bonds. The van der Waals surface area contributed by atoms with Crippen molar-refractivity contribution in [2.24, 2.45) is 0 Å². The number of nitrogens with zero attached hydrogens (tertiary/aromatic N) is 1. The average Bonchev–Trinajstić information content (AvgIpc) is 2.38. The summed E-state index contributed by atoms with van der Waals surface area (Å²) in [5, 5.41) is 11.3. The van der Waals surface area contributed by atoms with Gasteiger partial charge >= 0.3 is 0 Å². The maximum atomic E-state index is 13.5. The number of hydrogen-bond acceptors (Lipinski definition) is 3. The zero-order valence-electron chi connectivity index (χ0n) is 9.55. The Hall–Kier alpha value is -2.68. The fourth-order valence-electron chi connectivity index (χ4n) is 1.54. The first kappa shape index (κ1) is 12.8. The van der Waals surface area contributed by atoms with Gasteiger partial charge in [-0.1, -0.05) is 6.07 Å². The molecule has 0 saturated carbocycles. The highest BCUT2D eigenvalue weighted by Crippen LogP contribution is 2.28. The Bertz CT molecular complexity index is 678. The van der Waals surface area contributed by atoms with E-state index in [1.54, 1.807) is 0 Å². The summed E-state index contributed by atoms with van der Waals surface area (Å²) in [4.78, 5) is 0. The maximum Gasteiger partial charge on any atom is 0.161 e. The van der Waals surface area contributed by atoms with Crippen LogP contribution in [-0.4, -0.2) is 0 Å². The summed E-state index contributed by atoms with van der Waals surface area (Å²) in [6.07, 6.45) is 0. The van der Waals surface area contributed by atoms with E-state index >= 15 is 0 Å². The zero-order valence-corrected chi connectivity index (χ0v) is 9.55. The monoisotopic (exact) mass is 263 g/mol. The molecule has 96 valence electrons. The summed E-state index contributed by atoms with van der Waals surface area (Å²) >= 11 is 0. The normalized spacial score (nSPS) is 10.0. The molecule has 2 aromatic rings. The fourth-order valence-corrected chi connectivity index (χ4v) is 1.54. The van der Waals surface area contributed by atoms with Crippen molar-refractivity contribution < 1.29 is 13.2 Å². The summed E-state index contributed by atoms with van der Waals surface area (Å²) < 4.78 is 39.3. The van der Waals surface area contributed by atoms with E-state index in [-0.39, 0.29) is 22.6 Å². The minimum atomic E-state index is -1.28. The predicted molar refractivity (Wildman–Crippen MR) is 65.2 cm³/mol. The highest BCUT2D eigenvalue weighted by molar-refractivity contribution is 5.77. The van der Waals surface area contributed by atoms with Gasteiger partial charge in [-0.05, 0) is 12.1 Å². The van der Waals surface area contributed by atoms with Crippen molar-refractivity contribution in [2.75, 3.05) is 11.1 Å². The van der Waals surface area contributed by atoms with E-state index in [4.69, 9.17) is 11.0 Å². The molecule has 0 aliphatic carbocycles. The summed E-state index contributed by atoms with van der Waals surface area (Å²) in [5.41, 5.74) is 5.97. The SMILES string of the molecule is N#Cc1cccc(Nc2cc(F)c(F)cc2F)c1N. The lowest BCUT2D eigenvalue weighted by Crippen LogP contribution is -2.01. The minimum absolute atomic E-state index is 0.106. The van der Waals surface area contributed by atoms with Crippen LogP contribution in [0.2, 0.25) is 0 Å². The van der Waals surface area contributed by atoms with Gasteiger partial charge in [-0.15, -0.1) is 0 Å². The third kappa shape index (κ3) is 2.45.